The van der Waals surface area contributed by atoms with E-state index in [0.29, 0.717) is 18.4 Å². The first-order chi connectivity index (χ1) is 10.6. The van der Waals surface area contributed by atoms with Crippen molar-refractivity contribution in [3.05, 3.63) is 36.2 Å². The molecule has 7 nitrogen and oxygen atoms in total. The summed E-state index contributed by atoms with van der Waals surface area (Å²) < 4.78 is 6.83. The van der Waals surface area contributed by atoms with Crippen molar-refractivity contribution >= 4 is 5.96 Å². The predicted octanol–water partition coefficient (Wildman–Crippen LogP) is 1.34. The van der Waals surface area contributed by atoms with Crippen molar-refractivity contribution in [3.8, 4) is 11.4 Å². The van der Waals surface area contributed by atoms with E-state index in [-0.39, 0.29) is 0 Å². The molecule has 1 aromatic heterocycles. The molecular formula is C15H22N6O. The number of nitrogens with two attached hydrogens (primary N) is 1. The fraction of sp³-hybridized carbons (Fsp3) is 0.400. The number of rotatable bonds is 6. The highest BCUT2D eigenvalue weighted by molar-refractivity contribution is 5.77. The summed E-state index contributed by atoms with van der Waals surface area (Å²) >= 11 is 0. The summed E-state index contributed by atoms with van der Waals surface area (Å²) in [5.41, 5.74) is 7.46. The maximum Gasteiger partial charge on any atom is 0.188 e. The molecule has 0 unspecified atom stereocenters. The summed E-state index contributed by atoms with van der Waals surface area (Å²) in [7, 11) is 1.64. The van der Waals surface area contributed by atoms with E-state index in [1.807, 2.05) is 30.5 Å². The van der Waals surface area contributed by atoms with Crippen LogP contribution in [-0.4, -0.2) is 34.6 Å². The Bertz CT molecular complexity index is 617. The van der Waals surface area contributed by atoms with E-state index >= 15 is 0 Å². The lowest BCUT2D eigenvalue weighted by Crippen LogP contribution is -2.34. The van der Waals surface area contributed by atoms with Gasteiger partial charge in [0.05, 0.1) is 25.5 Å². The molecule has 0 spiro atoms. The zero-order valence-corrected chi connectivity index (χ0v) is 13.2. The predicted molar refractivity (Wildman–Crippen MR) is 86.1 cm³/mol. The van der Waals surface area contributed by atoms with Crippen LogP contribution in [0.2, 0.25) is 0 Å². The third-order valence-electron chi connectivity index (χ3n) is 2.98. The quantitative estimate of drug-likeness (QED) is 0.620. The molecule has 1 heterocycles. The number of ether oxygens (including phenoxy) is 1. The van der Waals surface area contributed by atoms with Crippen LogP contribution in [0, 0.1) is 5.92 Å². The average molecular weight is 302 g/mol. The van der Waals surface area contributed by atoms with Gasteiger partial charge < -0.3 is 15.8 Å². The molecule has 22 heavy (non-hydrogen) atoms. The van der Waals surface area contributed by atoms with Crippen molar-refractivity contribution in [3.63, 3.8) is 0 Å². The third kappa shape index (κ3) is 4.47. The normalized spacial score (nSPS) is 11.7. The van der Waals surface area contributed by atoms with E-state index in [1.54, 1.807) is 11.8 Å². The van der Waals surface area contributed by atoms with Crippen molar-refractivity contribution in [2.75, 3.05) is 13.7 Å². The van der Waals surface area contributed by atoms with Crippen molar-refractivity contribution < 1.29 is 4.74 Å². The van der Waals surface area contributed by atoms with Gasteiger partial charge in [-0.3, -0.25) is 0 Å². The summed E-state index contributed by atoms with van der Waals surface area (Å²) in [4.78, 5) is 4.25. The number of aliphatic imine (C=N–C) groups is 1. The molecule has 0 saturated carbocycles. The minimum absolute atomic E-state index is 0.396. The highest BCUT2D eigenvalue weighted by Crippen LogP contribution is 2.14. The van der Waals surface area contributed by atoms with E-state index in [1.165, 1.54) is 0 Å². The number of methoxy groups -OCH3 is 1. The van der Waals surface area contributed by atoms with Gasteiger partial charge >= 0.3 is 0 Å². The summed E-state index contributed by atoms with van der Waals surface area (Å²) in [5, 5.41) is 11.2. The van der Waals surface area contributed by atoms with Crippen LogP contribution in [0.3, 0.4) is 0 Å². The van der Waals surface area contributed by atoms with E-state index in [2.05, 4.69) is 34.5 Å². The third-order valence-corrected chi connectivity index (χ3v) is 2.98. The fourth-order valence-electron chi connectivity index (χ4n) is 1.76. The Morgan fingerprint density at radius 1 is 1.36 bits per heavy atom. The molecule has 2 aromatic rings. The van der Waals surface area contributed by atoms with Gasteiger partial charge in [0.25, 0.3) is 0 Å². The average Bonchev–Trinajstić information content (AvgIpc) is 3.00. The van der Waals surface area contributed by atoms with E-state index in [4.69, 9.17) is 10.5 Å². The Kier molecular flexibility index (Phi) is 5.35. The zero-order chi connectivity index (χ0) is 15.9. The number of hydrogen-bond acceptors (Lipinski definition) is 4. The van der Waals surface area contributed by atoms with Crippen LogP contribution in [0.5, 0.6) is 5.75 Å². The first kappa shape index (κ1) is 15.8. The maximum atomic E-state index is 5.79. The number of hydrogen-bond donors (Lipinski definition) is 2. The maximum absolute atomic E-state index is 5.79. The molecule has 0 atom stereocenters. The molecule has 0 fully saturated rings. The van der Waals surface area contributed by atoms with Gasteiger partial charge in [-0.2, -0.15) is 0 Å². The zero-order valence-electron chi connectivity index (χ0n) is 13.2. The van der Waals surface area contributed by atoms with E-state index < -0.39 is 0 Å². The SMILES string of the molecule is COc1ccc(-n2cc(CN=C(N)NCC(C)C)nn2)cc1. The van der Waals surface area contributed by atoms with Crippen LogP contribution in [0.25, 0.3) is 5.69 Å². The Balaban J connectivity index is 1.97. The van der Waals surface area contributed by atoms with Gasteiger partial charge in [0.1, 0.15) is 11.4 Å². The molecule has 0 aliphatic rings. The largest absolute Gasteiger partial charge is 0.497 e. The van der Waals surface area contributed by atoms with Gasteiger partial charge in [-0.1, -0.05) is 19.1 Å². The first-order valence-corrected chi connectivity index (χ1v) is 7.18. The lowest BCUT2D eigenvalue weighted by Gasteiger charge is -2.07. The van der Waals surface area contributed by atoms with Crippen molar-refractivity contribution in [2.45, 2.75) is 20.4 Å². The number of nitrogens with zero attached hydrogens (tertiary/aromatic N) is 4. The van der Waals surface area contributed by atoms with Gasteiger partial charge in [-0.25, -0.2) is 9.67 Å². The van der Waals surface area contributed by atoms with E-state index in [0.717, 1.165) is 23.7 Å². The number of benzene rings is 1. The molecule has 0 amide bonds. The van der Waals surface area contributed by atoms with Gasteiger partial charge in [0.2, 0.25) is 0 Å². The Hall–Kier alpha value is -2.57. The molecule has 1 aromatic carbocycles. The smallest absolute Gasteiger partial charge is 0.188 e. The topological polar surface area (TPSA) is 90.3 Å². The fourth-order valence-corrected chi connectivity index (χ4v) is 1.76. The second-order valence-corrected chi connectivity index (χ2v) is 5.33. The molecule has 0 bridgehead atoms. The van der Waals surface area contributed by atoms with Gasteiger partial charge in [-0.15, -0.1) is 5.10 Å². The summed E-state index contributed by atoms with van der Waals surface area (Å²) in [6.45, 7) is 5.42. The lowest BCUT2D eigenvalue weighted by atomic mass is 10.2. The van der Waals surface area contributed by atoms with Crippen molar-refractivity contribution in [2.24, 2.45) is 16.6 Å². The lowest BCUT2D eigenvalue weighted by molar-refractivity contribution is 0.414. The number of guanidine groups is 1. The molecule has 7 heteroatoms. The number of nitrogens with one attached hydrogen (secondary N) is 1. The second kappa shape index (κ2) is 7.44. The minimum atomic E-state index is 0.396. The van der Waals surface area contributed by atoms with Crippen LogP contribution in [0.4, 0.5) is 0 Å². The molecule has 0 saturated heterocycles. The first-order valence-electron chi connectivity index (χ1n) is 7.18. The van der Waals surface area contributed by atoms with Gasteiger partial charge in [0, 0.05) is 6.54 Å². The van der Waals surface area contributed by atoms with Crippen molar-refractivity contribution in [1.29, 1.82) is 0 Å². The summed E-state index contributed by atoms with van der Waals surface area (Å²) in [6, 6.07) is 7.59. The van der Waals surface area contributed by atoms with Crippen LogP contribution in [0.1, 0.15) is 19.5 Å². The van der Waals surface area contributed by atoms with Crippen LogP contribution in [-0.2, 0) is 6.54 Å². The van der Waals surface area contributed by atoms with Gasteiger partial charge in [-0.05, 0) is 30.2 Å². The Morgan fingerprint density at radius 3 is 2.73 bits per heavy atom. The Morgan fingerprint density at radius 2 is 2.09 bits per heavy atom. The molecular weight excluding hydrogens is 280 g/mol. The molecule has 0 aliphatic heterocycles. The summed E-state index contributed by atoms with van der Waals surface area (Å²) in [5.74, 6) is 1.75. The molecule has 3 N–H and O–H groups in total. The number of aromatic nitrogens is 3. The summed E-state index contributed by atoms with van der Waals surface area (Å²) in [6.07, 6.45) is 1.83. The standard InChI is InChI=1S/C15H22N6O/c1-11(2)8-17-15(16)18-9-12-10-21(20-19-12)13-4-6-14(22-3)7-5-13/h4-7,10-11H,8-9H2,1-3H3,(H3,16,17,18). The molecule has 2 rings (SSSR count). The molecule has 118 valence electrons. The van der Waals surface area contributed by atoms with Crippen LogP contribution in [0.15, 0.2) is 35.5 Å². The second-order valence-electron chi connectivity index (χ2n) is 5.33. The molecule has 0 aliphatic carbocycles. The van der Waals surface area contributed by atoms with Crippen LogP contribution < -0.4 is 15.8 Å². The highest BCUT2D eigenvalue weighted by Gasteiger charge is 2.03. The molecule has 0 radical (unpaired) electrons. The highest BCUT2D eigenvalue weighted by atomic mass is 16.5. The van der Waals surface area contributed by atoms with E-state index in [9.17, 15) is 0 Å². The van der Waals surface area contributed by atoms with Gasteiger partial charge in [0.15, 0.2) is 5.96 Å². The minimum Gasteiger partial charge on any atom is -0.497 e. The van der Waals surface area contributed by atoms with Crippen LogP contribution >= 0.6 is 0 Å². The Labute approximate surface area is 130 Å². The monoisotopic (exact) mass is 302 g/mol. The van der Waals surface area contributed by atoms with Crippen molar-refractivity contribution in [1.82, 2.24) is 20.3 Å².